The van der Waals surface area contributed by atoms with E-state index in [1.54, 1.807) is 0 Å². The lowest BCUT2D eigenvalue weighted by molar-refractivity contribution is 0.561. The minimum absolute atomic E-state index is 0.572. The van der Waals surface area contributed by atoms with Crippen LogP contribution in [0.4, 0.5) is 0 Å². The molecule has 20 heavy (non-hydrogen) atoms. The fourth-order valence-electron chi connectivity index (χ4n) is 2.46. The summed E-state index contributed by atoms with van der Waals surface area (Å²) in [5, 5.41) is 3.49. The van der Waals surface area contributed by atoms with Crippen molar-refractivity contribution >= 4 is 15.9 Å². The SMILES string of the molecule is CCNCC(CCc1ccccc1Br)c1ccccc1. The van der Waals surface area contributed by atoms with Gasteiger partial charge in [0, 0.05) is 11.0 Å². The smallest absolute Gasteiger partial charge is 0.0207 e. The monoisotopic (exact) mass is 331 g/mol. The zero-order chi connectivity index (χ0) is 14.2. The lowest BCUT2D eigenvalue weighted by Crippen LogP contribution is -2.21. The molecule has 2 heteroatoms. The van der Waals surface area contributed by atoms with Gasteiger partial charge in [-0.05, 0) is 42.5 Å². The Morgan fingerprint density at radius 2 is 1.70 bits per heavy atom. The van der Waals surface area contributed by atoms with Crippen molar-refractivity contribution < 1.29 is 0 Å². The summed E-state index contributed by atoms with van der Waals surface area (Å²) in [5.74, 6) is 0.572. The van der Waals surface area contributed by atoms with Crippen molar-refractivity contribution in [3.8, 4) is 0 Å². The van der Waals surface area contributed by atoms with Crippen molar-refractivity contribution in [2.24, 2.45) is 0 Å². The average Bonchev–Trinajstić information content (AvgIpc) is 2.50. The second-order valence-corrected chi connectivity index (χ2v) is 5.90. The van der Waals surface area contributed by atoms with E-state index < -0.39 is 0 Å². The third-order valence-corrected chi connectivity index (χ3v) is 4.41. The highest BCUT2D eigenvalue weighted by Gasteiger charge is 2.11. The first-order valence-corrected chi connectivity index (χ1v) is 8.09. The van der Waals surface area contributed by atoms with Gasteiger partial charge in [-0.2, -0.15) is 0 Å². The molecule has 1 unspecified atom stereocenters. The van der Waals surface area contributed by atoms with E-state index in [-0.39, 0.29) is 0 Å². The molecule has 0 saturated carbocycles. The predicted molar refractivity (Wildman–Crippen MR) is 90.2 cm³/mol. The summed E-state index contributed by atoms with van der Waals surface area (Å²) in [6.07, 6.45) is 2.27. The highest BCUT2D eigenvalue weighted by molar-refractivity contribution is 9.10. The Kier molecular flexibility index (Phi) is 6.28. The quantitative estimate of drug-likeness (QED) is 0.770. The molecule has 1 nitrogen and oxygen atoms in total. The average molecular weight is 332 g/mol. The van der Waals surface area contributed by atoms with Crippen LogP contribution >= 0.6 is 15.9 Å². The maximum Gasteiger partial charge on any atom is 0.0207 e. The summed E-state index contributed by atoms with van der Waals surface area (Å²) in [4.78, 5) is 0. The van der Waals surface area contributed by atoms with Gasteiger partial charge in [0.2, 0.25) is 0 Å². The Morgan fingerprint density at radius 1 is 1.00 bits per heavy atom. The molecule has 0 aliphatic heterocycles. The van der Waals surface area contributed by atoms with E-state index in [1.165, 1.54) is 22.0 Å². The van der Waals surface area contributed by atoms with Crippen molar-refractivity contribution in [3.63, 3.8) is 0 Å². The van der Waals surface area contributed by atoms with Gasteiger partial charge in [-0.1, -0.05) is 71.4 Å². The van der Waals surface area contributed by atoms with Gasteiger partial charge in [-0.25, -0.2) is 0 Å². The number of nitrogens with one attached hydrogen (secondary N) is 1. The molecular weight excluding hydrogens is 310 g/mol. The molecule has 0 amide bonds. The van der Waals surface area contributed by atoms with Crippen LogP contribution in [0.25, 0.3) is 0 Å². The molecule has 2 aromatic carbocycles. The van der Waals surface area contributed by atoms with Gasteiger partial charge in [-0.3, -0.25) is 0 Å². The topological polar surface area (TPSA) is 12.0 Å². The van der Waals surface area contributed by atoms with Gasteiger partial charge in [-0.15, -0.1) is 0 Å². The maximum atomic E-state index is 3.64. The Balaban J connectivity index is 2.03. The molecule has 0 fully saturated rings. The molecule has 1 N–H and O–H groups in total. The van der Waals surface area contributed by atoms with Crippen LogP contribution in [-0.2, 0) is 6.42 Å². The van der Waals surface area contributed by atoms with Gasteiger partial charge < -0.3 is 5.32 Å². The molecule has 2 aromatic rings. The minimum atomic E-state index is 0.572. The number of halogens is 1. The molecule has 0 aromatic heterocycles. The van der Waals surface area contributed by atoms with Crippen LogP contribution in [0, 0.1) is 0 Å². The molecule has 0 bridgehead atoms. The van der Waals surface area contributed by atoms with E-state index in [4.69, 9.17) is 0 Å². The molecule has 2 rings (SSSR count). The molecule has 1 atom stereocenters. The Bertz CT molecular complexity index is 510. The molecule has 0 aliphatic carbocycles. The largest absolute Gasteiger partial charge is 0.316 e. The van der Waals surface area contributed by atoms with Crippen LogP contribution in [0.2, 0.25) is 0 Å². The second-order valence-electron chi connectivity index (χ2n) is 5.05. The van der Waals surface area contributed by atoms with E-state index in [2.05, 4.69) is 82.8 Å². The lowest BCUT2D eigenvalue weighted by Gasteiger charge is -2.18. The lowest BCUT2D eigenvalue weighted by atomic mass is 9.92. The Hall–Kier alpha value is -1.12. The molecule has 0 radical (unpaired) electrons. The molecular formula is C18H22BrN. The van der Waals surface area contributed by atoms with E-state index in [0.717, 1.165) is 19.5 Å². The van der Waals surface area contributed by atoms with E-state index in [1.807, 2.05) is 0 Å². The van der Waals surface area contributed by atoms with Crippen molar-refractivity contribution in [3.05, 3.63) is 70.2 Å². The van der Waals surface area contributed by atoms with Crippen LogP contribution < -0.4 is 5.32 Å². The van der Waals surface area contributed by atoms with Gasteiger partial charge in [0.25, 0.3) is 0 Å². The molecule has 0 spiro atoms. The van der Waals surface area contributed by atoms with Gasteiger partial charge in [0.15, 0.2) is 0 Å². The highest BCUT2D eigenvalue weighted by atomic mass is 79.9. The van der Waals surface area contributed by atoms with Gasteiger partial charge >= 0.3 is 0 Å². The zero-order valence-electron chi connectivity index (χ0n) is 12.0. The normalized spacial score (nSPS) is 12.3. The third-order valence-electron chi connectivity index (χ3n) is 3.63. The number of likely N-dealkylation sites (N-methyl/N-ethyl adjacent to an activating group) is 1. The number of rotatable bonds is 7. The van der Waals surface area contributed by atoms with Crippen LogP contribution in [0.15, 0.2) is 59.1 Å². The van der Waals surface area contributed by atoms with Crippen LogP contribution in [0.3, 0.4) is 0 Å². The molecule has 0 aliphatic rings. The minimum Gasteiger partial charge on any atom is -0.316 e. The summed E-state index contributed by atoms with van der Waals surface area (Å²) >= 11 is 3.64. The summed E-state index contributed by atoms with van der Waals surface area (Å²) < 4.78 is 1.22. The van der Waals surface area contributed by atoms with E-state index in [0.29, 0.717) is 5.92 Å². The number of aryl methyl sites for hydroxylation is 1. The van der Waals surface area contributed by atoms with E-state index in [9.17, 15) is 0 Å². The fraction of sp³-hybridized carbons (Fsp3) is 0.333. The summed E-state index contributed by atoms with van der Waals surface area (Å²) in [7, 11) is 0. The van der Waals surface area contributed by atoms with Gasteiger partial charge in [0.05, 0.1) is 0 Å². The van der Waals surface area contributed by atoms with Crippen LogP contribution in [0.1, 0.15) is 30.4 Å². The Labute approximate surface area is 130 Å². The first-order valence-electron chi connectivity index (χ1n) is 7.30. The summed E-state index contributed by atoms with van der Waals surface area (Å²) in [6.45, 7) is 4.24. The molecule has 106 valence electrons. The van der Waals surface area contributed by atoms with Crippen molar-refractivity contribution in [1.29, 1.82) is 0 Å². The predicted octanol–water partition coefficient (Wildman–Crippen LogP) is 4.78. The van der Waals surface area contributed by atoms with Crippen molar-refractivity contribution in [2.45, 2.75) is 25.7 Å². The van der Waals surface area contributed by atoms with Crippen LogP contribution in [0.5, 0.6) is 0 Å². The zero-order valence-corrected chi connectivity index (χ0v) is 13.6. The summed E-state index contributed by atoms with van der Waals surface area (Å²) in [5.41, 5.74) is 2.82. The Morgan fingerprint density at radius 3 is 2.40 bits per heavy atom. The van der Waals surface area contributed by atoms with Gasteiger partial charge in [0.1, 0.15) is 0 Å². The first kappa shape index (κ1) is 15.3. The number of benzene rings is 2. The van der Waals surface area contributed by atoms with Crippen molar-refractivity contribution in [2.75, 3.05) is 13.1 Å². The number of hydrogen-bond acceptors (Lipinski definition) is 1. The first-order chi connectivity index (χ1) is 9.81. The molecule has 0 heterocycles. The van der Waals surface area contributed by atoms with Crippen LogP contribution in [-0.4, -0.2) is 13.1 Å². The fourth-order valence-corrected chi connectivity index (χ4v) is 2.94. The maximum absolute atomic E-state index is 3.64. The second kappa shape index (κ2) is 8.23. The van der Waals surface area contributed by atoms with Crippen molar-refractivity contribution in [1.82, 2.24) is 5.32 Å². The highest BCUT2D eigenvalue weighted by Crippen LogP contribution is 2.24. The number of hydrogen-bond donors (Lipinski definition) is 1. The molecule has 0 saturated heterocycles. The standard InChI is InChI=1S/C18H22BrN/c1-2-20-14-17(15-8-4-3-5-9-15)13-12-16-10-6-7-11-18(16)19/h3-11,17,20H,2,12-14H2,1H3. The third kappa shape index (κ3) is 4.46. The summed E-state index contributed by atoms with van der Waals surface area (Å²) in [6, 6.07) is 19.3. The van der Waals surface area contributed by atoms with E-state index >= 15 is 0 Å².